The van der Waals surface area contributed by atoms with Gasteiger partial charge < -0.3 is 14.6 Å². The van der Waals surface area contributed by atoms with Crippen LogP contribution in [0.25, 0.3) is 11.4 Å². The molecule has 1 aliphatic heterocycles. The van der Waals surface area contributed by atoms with Gasteiger partial charge in [-0.05, 0) is 25.1 Å². The van der Waals surface area contributed by atoms with Gasteiger partial charge in [0.15, 0.2) is 0 Å². The second-order valence-electron chi connectivity index (χ2n) is 5.14. The molecule has 2 atom stereocenters. The fourth-order valence-corrected chi connectivity index (χ4v) is 2.93. The number of ether oxygens (including phenoxy) is 1. The lowest BCUT2D eigenvalue weighted by Gasteiger charge is -2.14. The quantitative estimate of drug-likeness (QED) is 0.897. The minimum atomic E-state index is 0.125. The summed E-state index contributed by atoms with van der Waals surface area (Å²) in [4.78, 5) is 4.55. The summed E-state index contributed by atoms with van der Waals surface area (Å²) in [5.41, 5.74) is 0.935. The third-order valence-corrected chi connectivity index (χ3v) is 4.30. The van der Waals surface area contributed by atoms with Crippen LogP contribution in [0.15, 0.2) is 33.3 Å². The van der Waals surface area contributed by atoms with Gasteiger partial charge in [-0.1, -0.05) is 40.1 Å². The molecule has 112 valence electrons. The molecule has 2 heterocycles. The van der Waals surface area contributed by atoms with Gasteiger partial charge in [0.1, 0.15) is 0 Å². The van der Waals surface area contributed by atoms with E-state index in [1.807, 2.05) is 24.3 Å². The summed E-state index contributed by atoms with van der Waals surface area (Å²) in [7, 11) is 0. The number of aromatic nitrogens is 2. The molecule has 0 radical (unpaired) electrons. The van der Waals surface area contributed by atoms with Gasteiger partial charge in [0, 0.05) is 16.1 Å². The molecule has 1 N–H and O–H groups in total. The van der Waals surface area contributed by atoms with Crippen LogP contribution < -0.4 is 5.32 Å². The zero-order valence-corrected chi connectivity index (χ0v) is 13.5. The molecule has 6 heteroatoms. The first-order valence-corrected chi connectivity index (χ1v) is 7.98. The molecule has 0 saturated carbocycles. The molecule has 1 aliphatic rings. The molecule has 21 heavy (non-hydrogen) atoms. The summed E-state index contributed by atoms with van der Waals surface area (Å²) in [5, 5.41) is 7.59. The van der Waals surface area contributed by atoms with Crippen molar-refractivity contribution in [2.45, 2.75) is 25.3 Å². The van der Waals surface area contributed by atoms with Crippen LogP contribution in [-0.4, -0.2) is 35.9 Å². The van der Waals surface area contributed by atoms with Crippen molar-refractivity contribution in [3.05, 3.63) is 34.6 Å². The summed E-state index contributed by atoms with van der Waals surface area (Å²) in [6.45, 7) is 4.43. The fraction of sp³-hybridized carbons (Fsp3) is 0.467. The normalized spacial score (nSPS) is 21.8. The third kappa shape index (κ3) is 3.17. The van der Waals surface area contributed by atoms with Gasteiger partial charge in [0.25, 0.3) is 0 Å². The number of halogens is 1. The van der Waals surface area contributed by atoms with E-state index in [-0.39, 0.29) is 12.0 Å². The van der Waals surface area contributed by atoms with E-state index in [9.17, 15) is 0 Å². The van der Waals surface area contributed by atoms with E-state index in [0.717, 1.165) is 23.0 Å². The Balaban J connectivity index is 1.80. The van der Waals surface area contributed by atoms with Crippen molar-refractivity contribution in [3.8, 4) is 11.4 Å². The standard InChI is InChI=1S/C15H18BrN3O2/c1-2-7-17-13-9-20-8-11(13)15-18-14(19-21-15)10-5-3-4-6-12(10)16/h3-6,11,13,17H,2,7-9H2,1H3. The molecule has 1 saturated heterocycles. The van der Waals surface area contributed by atoms with Crippen LogP contribution in [0.3, 0.4) is 0 Å². The van der Waals surface area contributed by atoms with Gasteiger partial charge in [-0.3, -0.25) is 0 Å². The van der Waals surface area contributed by atoms with Crippen LogP contribution in [0.2, 0.25) is 0 Å². The summed E-state index contributed by atoms with van der Waals surface area (Å²) in [6, 6.07) is 8.11. The summed E-state index contributed by atoms with van der Waals surface area (Å²) in [5.74, 6) is 1.38. The van der Waals surface area contributed by atoms with Crippen LogP contribution in [0.4, 0.5) is 0 Å². The molecule has 3 rings (SSSR count). The average molecular weight is 352 g/mol. The maximum absolute atomic E-state index is 5.56. The van der Waals surface area contributed by atoms with Gasteiger partial charge in [0.2, 0.25) is 11.7 Å². The number of hydrogen-bond donors (Lipinski definition) is 1. The van der Waals surface area contributed by atoms with Crippen LogP contribution in [0.5, 0.6) is 0 Å². The zero-order chi connectivity index (χ0) is 14.7. The monoisotopic (exact) mass is 351 g/mol. The minimum absolute atomic E-state index is 0.125. The fourth-order valence-electron chi connectivity index (χ4n) is 2.47. The Bertz CT molecular complexity index is 602. The number of hydrogen-bond acceptors (Lipinski definition) is 5. The molecular formula is C15H18BrN3O2. The Hall–Kier alpha value is -1.24. The maximum atomic E-state index is 5.56. The molecule has 1 fully saturated rings. The molecule has 1 aromatic carbocycles. The molecule has 0 bridgehead atoms. The highest BCUT2D eigenvalue weighted by Gasteiger charge is 2.33. The smallest absolute Gasteiger partial charge is 0.234 e. The van der Waals surface area contributed by atoms with Crippen LogP contribution in [0, 0.1) is 0 Å². The second-order valence-corrected chi connectivity index (χ2v) is 5.99. The van der Waals surface area contributed by atoms with Crippen LogP contribution in [-0.2, 0) is 4.74 Å². The van der Waals surface area contributed by atoms with E-state index in [1.54, 1.807) is 0 Å². The topological polar surface area (TPSA) is 60.2 Å². The predicted octanol–water partition coefficient (Wildman–Crippen LogP) is 2.98. The van der Waals surface area contributed by atoms with E-state index in [1.165, 1.54) is 0 Å². The van der Waals surface area contributed by atoms with Crippen molar-refractivity contribution >= 4 is 15.9 Å². The number of benzene rings is 1. The van der Waals surface area contributed by atoms with E-state index in [2.05, 4.69) is 38.3 Å². The van der Waals surface area contributed by atoms with E-state index in [4.69, 9.17) is 9.26 Å². The molecular weight excluding hydrogens is 334 g/mol. The molecule has 2 unspecified atom stereocenters. The maximum Gasteiger partial charge on any atom is 0.234 e. The molecule has 0 aliphatic carbocycles. The number of rotatable bonds is 5. The lowest BCUT2D eigenvalue weighted by molar-refractivity contribution is 0.184. The Kier molecular flexibility index (Phi) is 4.67. The van der Waals surface area contributed by atoms with Gasteiger partial charge in [-0.2, -0.15) is 4.98 Å². The largest absolute Gasteiger partial charge is 0.379 e. The number of nitrogens with zero attached hydrogens (tertiary/aromatic N) is 2. The van der Waals surface area contributed by atoms with Crippen molar-refractivity contribution in [1.82, 2.24) is 15.5 Å². The van der Waals surface area contributed by atoms with Crippen LogP contribution >= 0.6 is 15.9 Å². The first-order chi connectivity index (χ1) is 10.3. The highest BCUT2D eigenvalue weighted by atomic mass is 79.9. The SMILES string of the molecule is CCCNC1COCC1c1nc(-c2ccccc2Br)no1. The minimum Gasteiger partial charge on any atom is -0.379 e. The second kappa shape index (κ2) is 6.68. The van der Waals surface area contributed by atoms with E-state index >= 15 is 0 Å². The summed E-state index contributed by atoms with van der Waals surface area (Å²) in [6.07, 6.45) is 1.09. The van der Waals surface area contributed by atoms with Gasteiger partial charge in [0.05, 0.1) is 19.1 Å². The highest BCUT2D eigenvalue weighted by molar-refractivity contribution is 9.10. The Morgan fingerprint density at radius 3 is 3.00 bits per heavy atom. The first kappa shape index (κ1) is 14.7. The Labute approximate surface area is 132 Å². The van der Waals surface area contributed by atoms with Crippen molar-refractivity contribution < 1.29 is 9.26 Å². The predicted molar refractivity (Wildman–Crippen MR) is 83.1 cm³/mol. The molecule has 0 spiro atoms. The van der Waals surface area contributed by atoms with Crippen molar-refractivity contribution in [2.24, 2.45) is 0 Å². The average Bonchev–Trinajstić information content (AvgIpc) is 3.14. The zero-order valence-electron chi connectivity index (χ0n) is 11.9. The van der Waals surface area contributed by atoms with Crippen LogP contribution in [0.1, 0.15) is 25.2 Å². The molecule has 5 nitrogen and oxygen atoms in total. The highest BCUT2D eigenvalue weighted by Crippen LogP contribution is 2.29. The van der Waals surface area contributed by atoms with Crippen molar-refractivity contribution in [3.63, 3.8) is 0 Å². The van der Waals surface area contributed by atoms with E-state index in [0.29, 0.717) is 24.9 Å². The summed E-state index contributed by atoms with van der Waals surface area (Å²) >= 11 is 3.51. The Morgan fingerprint density at radius 1 is 1.33 bits per heavy atom. The lowest BCUT2D eigenvalue weighted by atomic mass is 10.0. The molecule has 2 aromatic rings. The summed E-state index contributed by atoms with van der Waals surface area (Å²) < 4.78 is 12.0. The van der Waals surface area contributed by atoms with Crippen molar-refractivity contribution in [2.75, 3.05) is 19.8 Å². The first-order valence-electron chi connectivity index (χ1n) is 7.19. The number of nitrogens with one attached hydrogen (secondary N) is 1. The Morgan fingerprint density at radius 2 is 2.19 bits per heavy atom. The van der Waals surface area contributed by atoms with Gasteiger partial charge in [-0.25, -0.2) is 0 Å². The van der Waals surface area contributed by atoms with Crippen molar-refractivity contribution in [1.29, 1.82) is 0 Å². The molecule has 0 amide bonds. The van der Waals surface area contributed by atoms with Gasteiger partial charge >= 0.3 is 0 Å². The van der Waals surface area contributed by atoms with Gasteiger partial charge in [-0.15, -0.1) is 0 Å². The third-order valence-electron chi connectivity index (χ3n) is 3.61. The molecule has 1 aromatic heterocycles. The lowest BCUT2D eigenvalue weighted by Crippen LogP contribution is -2.34. The van der Waals surface area contributed by atoms with E-state index < -0.39 is 0 Å².